The van der Waals surface area contributed by atoms with E-state index < -0.39 is 37.3 Å². The van der Waals surface area contributed by atoms with Gasteiger partial charge >= 0.3 is 0 Å². The average Bonchev–Trinajstić information content (AvgIpc) is 2.67. The minimum Gasteiger partial charge on any atom is -0.506 e. The van der Waals surface area contributed by atoms with E-state index >= 15 is 0 Å². The topological polar surface area (TPSA) is 146 Å². The molecule has 1 aliphatic heterocycles. The molecule has 0 radical (unpaired) electrons. The highest BCUT2D eigenvalue weighted by atomic mass is 16.7. The molecule has 9 heteroatoms. The van der Waals surface area contributed by atoms with Crippen LogP contribution in [0, 0.1) is 6.92 Å². The predicted octanol–water partition coefficient (Wildman–Crippen LogP) is 0.244. The Bertz CT molecular complexity index is 924. The number of fused-ring (bicyclic) bond motifs is 1. The molecule has 0 bridgehead atoms. The molecular weight excluding hydrogens is 384 g/mol. The maximum Gasteiger partial charge on any atom is 0.229 e. The third-order valence-electron chi connectivity index (χ3n) is 5.03. The standard InChI is InChI=1S/C20H24O9/c1-8-4-10-5-11(27-3)6-12(15(10)17(24)14(8)9(2)22)28-20-19(26)18(25)16(23)13(7-21)29-20/h4-6,13,16,18-21,23-26H,7H2,1-3H3/t13-,16-,18?,19-,20-/m1/s1. The normalized spacial score (nSPS) is 27.1. The lowest BCUT2D eigenvalue weighted by Crippen LogP contribution is -2.60. The molecule has 1 unspecified atom stereocenters. The molecule has 0 aromatic heterocycles. The zero-order valence-electron chi connectivity index (χ0n) is 16.2. The van der Waals surface area contributed by atoms with Crippen LogP contribution in [0.1, 0.15) is 22.8 Å². The molecule has 0 aliphatic carbocycles. The van der Waals surface area contributed by atoms with Crippen molar-refractivity contribution in [2.45, 2.75) is 44.6 Å². The van der Waals surface area contributed by atoms with Gasteiger partial charge in [0.2, 0.25) is 6.29 Å². The molecule has 0 amide bonds. The molecule has 158 valence electrons. The Labute approximate surface area is 166 Å². The number of carbonyl (C=O) groups excluding carboxylic acids is 1. The lowest BCUT2D eigenvalue weighted by Gasteiger charge is -2.39. The van der Waals surface area contributed by atoms with Crippen LogP contribution in [0.3, 0.4) is 0 Å². The monoisotopic (exact) mass is 408 g/mol. The van der Waals surface area contributed by atoms with Gasteiger partial charge in [0.05, 0.1) is 24.7 Å². The first-order valence-electron chi connectivity index (χ1n) is 9.02. The second kappa shape index (κ2) is 8.13. The van der Waals surface area contributed by atoms with E-state index in [1.807, 2.05) is 0 Å². The molecule has 29 heavy (non-hydrogen) atoms. The van der Waals surface area contributed by atoms with Gasteiger partial charge in [0, 0.05) is 6.07 Å². The number of aliphatic hydroxyl groups is 4. The van der Waals surface area contributed by atoms with E-state index in [0.29, 0.717) is 16.7 Å². The molecule has 1 heterocycles. The van der Waals surface area contributed by atoms with Crippen molar-refractivity contribution in [1.82, 2.24) is 0 Å². The highest BCUT2D eigenvalue weighted by Gasteiger charge is 2.45. The first kappa shape index (κ1) is 21.3. The van der Waals surface area contributed by atoms with Gasteiger partial charge in [-0.3, -0.25) is 4.79 Å². The van der Waals surface area contributed by atoms with Crippen LogP contribution in [-0.2, 0) is 4.74 Å². The van der Waals surface area contributed by atoms with Gasteiger partial charge in [-0.15, -0.1) is 0 Å². The molecular formula is C20H24O9. The van der Waals surface area contributed by atoms with Crippen molar-refractivity contribution in [1.29, 1.82) is 0 Å². The number of hydrogen-bond acceptors (Lipinski definition) is 9. The van der Waals surface area contributed by atoms with Gasteiger partial charge in [0.1, 0.15) is 41.7 Å². The first-order chi connectivity index (χ1) is 13.7. The second-order valence-corrected chi connectivity index (χ2v) is 7.01. The zero-order chi connectivity index (χ0) is 21.5. The lowest BCUT2D eigenvalue weighted by molar-refractivity contribution is -0.277. The summed E-state index contributed by atoms with van der Waals surface area (Å²) < 4.78 is 16.4. The molecule has 1 fully saturated rings. The van der Waals surface area contributed by atoms with Crippen LogP contribution < -0.4 is 9.47 Å². The van der Waals surface area contributed by atoms with Crippen molar-refractivity contribution in [2.75, 3.05) is 13.7 Å². The third kappa shape index (κ3) is 3.75. The number of phenols is 1. The highest BCUT2D eigenvalue weighted by molar-refractivity contribution is 6.07. The Morgan fingerprint density at radius 3 is 2.41 bits per heavy atom. The van der Waals surface area contributed by atoms with E-state index in [-0.39, 0.29) is 28.2 Å². The van der Waals surface area contributed by atoms with Crippen molar-refractivity contribution >= 4 is 16.6 Å². The number of benzene rings is 2. The smallest absolute Gasteiger partial charge is 0.229 e. The van der Waals surface area contributed by atoms with Crippen LogP contribution in [0.25, 0.3) is 10.8 Å². The van der Waals surface area contributed by atoms with Crippen LogP contribution in [0.2, 0.25) is 0 Å². The molecule has 1 saturated heterocycles. The molecule has 3 rings (SSSR count). The van der Waals surface area contributed by atoms with Crippen LogP contribution >= 0.6 is 0 Å². The number of carbonyl (C=O) groups is 1. The Hall–Kier alpha value is -2.43. The summed E-state index contributed by atoms with van der Waals surface area (Å²) in [4.78, 5) is 12.0. The summed E-state index contributed by atoms with van der Waals surface area (Å²) in [6.45, 7) is 2.41. The molecule has 2 aromatic rings. The van der Waals surface area contributed by atoms with E-state index in [1.165, 1.54) is 20.1 Å². The third-order valence-corrected chi connectivity index (χ3v) is 5.03. The number of ketones is 1. The van der Waals surface area contributed by atoms with Crippen molar-refractivity contribution in [3.63, 3.8) is 0 Å². The molecule has 5 N–H and O–H groups in total. The largest absolute Gasteiger partial charge is 0.506 e. The van der Waals surface area contributed by atoms with Gasteiger partial charge in [0.25, 0.3) is 0 Å². The number of methoxy groups -OCH3 is 1. The van der Waals surface area contributed by atoms with Crippen molar-refractivity contribution in [2.24, 2.45) is 0 Å². The van der Waals surface area contributed by atoms with Crippen molar-refractivity contribution in [3.8, 4) is 17.2 Å². The fourth-order valence-electron chi connectivity index (χ4n) is 3.54. The SMILES string of the molecule is COc1cc(O[C@@H]2O[C@H](CO)[C@@H](O)C(O)[C@H]2O)c2c(O)c(C(C)=O)c(C)cc2c1. The average molecular weight is 408 g/mol. The zero-order valence-corrected chi connectivity index (χ0v) is 16.2. The van der Waals surface area contributed by atoms with Crippen LogP contribution in [0.15, 0.2) is 18.2 Å². The van der Waals surface area contributed by atoms with E-state index in [0.717, 1.165) is 0 Å². The maximum atomic E-state index is 12.0. The number of aliphatic hydroxyl groups excluding tert-OH is 4. The minimum absolute atomic E-state index is 0.0312. The first-order valence-corrected chi connectivity index (χ1v) is 9.02. The number of phenolic OH excluding ortho intramolecular Hbond substituents is 1. The van der Waals surface area contributed by atoms with Crippen molar-refractivity contribution < 1.29 is 44.5 Å². The van der Waals surface area contributed by atoms with Gasteiger partial charge in [-0.2, -0.15) is 0 Å². The molecule has 9 nitrogen and oxygen atoms in total. The molecule has 0 saturated carbocycles. The summed E-state index contributed by atoms with van der Waals surface area (Å²) in [6, 6.07) is 4.77. The summed E-state index contributed by atoms with van der Waals surface area (Å²) in [5.74, 6) is -0.221. The molecule has 5 atom stereocenters. The molecule has 0 spiro atoms. The highest BCUT2D eigenvalue weighted by Crippen LogP contribution is 2.41. The van der Waals surface area contributed by atoms with Gasteiger partial charge < -0.3 is 39.7 Å². The van der Waals surface area contributed by atoms with E-state index in [9.17, 15) is 30.3 Å². The Morgan fingerprint density at radius 2 is 1.83 bits per heavy atom. The summed E-state index contributed by atoms with van der Waals surface area (Å²) in [5.41, 5.74) is 0.691. The predicted molar refractivity (Wildman–Crippen MR) is 101 cm³/mol. The number of ether oxygens (including phenoxy) is 3. The van der Waals surface area contributed by atoms with E-state index in [4.69, 9.17) is 14.2 Å². The van der Waals surface area contributed by atoms with E-state index in [2.05, 4.69) is 0 Å². The number of hydrogen-bond donors (Lipinski definition) is 5. The molecule has 2 aromatic carbocycles. The summed E-state index contributed by atoms with van der Waals surface area (Å²) in [6.07, 6.45) is -7.39. The Morgan fingerprint density at radius 1 is 1.14 bits per heavy atom. The van der Waals surface area contributed by atoms with Crippen LogP contribution in [0.5, 0.6) is 17.2 Å². The number of aromatic hydroxyl groups is 1. The van der Waals surface area contributed by atoms with Gasteiger partial charge in [-0.05, 0) is 30.9 Å². The van der Waals surface area contributed by atoms with Crippen LogP contribution in [-0.4, -0.2) is 75.7 Å². The fourth-order valence-corrected chi connectivity index (χ4v) is 3.54. The number of aryl methyl sites for hydroxylation is 1. The van der Waals surface area contributed by atoms with Crippen molar-refractivity contribution in [3.05, 3.63) is 29.3 Å². The van der Waals surface area contributed by atoms with Gasteiger partial charge in [0.15, 0.2) is 5.78 Å². The molecule has 1 aliphatic rings. The summed E-state index contributed by atoms with van der Waals surface area (Å²) in [7, 11) is 1.44. The Balaban J connectivity index is 2.13. The minimum atomic E-state index is -1.63. The fraction of sp³-hybridized carbons (Fsp3) is 0.450. The summed E-state index contributed by atoms with van der Waals surface area (Å²) >= 11 is 0. The maximum absolute atomic E-state index is 12.0. The Kier molecular flexibility index (Phi) is 5.97. The lowest BCUT2D eigenvalue weighted by atomic mass is 9.96. The summed E-state index contributed by atoms with van der Waals surface area (Å²) in [5, 5.41) is 51.0. The van der Waals surface area contributed by atoms with Crippen LogP contribution in [0.4, 0.5) is 0 Å². The van der Waals surface area contributed by atoms with Gasteiger partial charge in [-0.1, -0.05) is 6.07 Å². The van der Waals surface area contributed by atoms with Gasteiger partial charge in [-0.25, -0.2) is 0 Å². The number of Topliss-reactive ketones (excluding diaryl/α,β-unsaturated/α-hetero) is 1. The quantitative estimate of drug-likeness (QED) is 0.439. The number of rotatable bonds is 5. The second-order valence-electron chi connectivity index (χ2n) is 7.01. The van der Waals surface area contributed by atoms with E-state index in [1.54, 1.807) is 19.1 Å².